The number of fused-ring (bicyclic) bond motifs is 1. The van der Waals surface area contributed by atoms with Crippen molar-refractivity contribution in [2.75, 3.05) is 6.54 Å². The lowest BCUT2D eigenvalue weighted by atomic mass is 10.0. The van der Waals surface area contributed by atoms with Crippen LogP contribution < -0.4 is 0 Å². The molecular formula is C21H15ClF3N3O. The number of nitrogens with zero attached hydrogens (tertiary/aromatic N) is 3. The van der Waals surface area contributed by atoms with Gasteiger partial charge in [-0.2, -0.15) is 13.2 Å². The SMILES string of the molecule is O=C(c1ccccc1C(F)(F)F)N1CCc2nc(-c3ccc(Cl)cc3)ncc2C1. The summed E-state index contributed by atoms with van der Waals surface area (Å²) in [6.45, 7) is 0.455. The number of hydrogen-bond donors (Lipinski definition) is 0. The molecule has 4 nitrogen and oxygen atoms in total. The molecule has 1 aliphatic heterocycles. The molecule has 0 fully saturated rings. The van der Waals surface area contributed by atoms with Crippen molar-refractivity contribution in [2.24, 2.45) is 0 Å². The number of hydrogen-bond acceptors (Lipinski definition) is 3. The van der Waals surface area contributed by atoms with Crippen LogP contribution in [0.2, 0.25) is 5.02 Å². The van der Waals surface area contributed by atoms with Crippen LogP contribution in [0.5, 0.6) is 0 Å². The number of halogens is 4. The summed E-state index contributed by atoms with van der Waals surface area (Å²) in [6, 6.07) is 12.0. The fourth-order valence-electron chi connectivity index (χ4n) is 3.31. The van der Waals surface area contributed by atoms with E-state index < -0.39 is 17.6 Å². The van der Waals surface area contributed by atoms with E-state index in [0.717, 1.165) is 22.9 Å². The van der Waals surface area contributed by atoms with Crippen LogP contribution in [-0.4, -0.2) is 27.3 Å². The Balaban J connectivity index is 1.58. The number of rotatable bonds is 2. The van der Waals surface area contributed by atoms with E-state index in [-0.39, 0.29) is 18.7 Å². The molecule has 0 aliphatic carbocycles. The Labute approximate surface area is 170 Å². The summed E-state index contributed by atoms with van der Waals surface area (Å²) in [5.74, 6) is -0.104. The second-order valence-corrected chi connectivity index (χ2v) is 7.13. The summed E-state index contributed by atoms with van der Waals surface area (Å²) >= 11 is 5.90. The minimum absolute atomic E-state index is 0.168. The number of aromatic nitrogens is 2. The molecule has 0 saturated heterocycles. The minimum Gasteiger partial charge on any atom is -0.334 e. The highest BCUT2D eigenvalue weighted by atomic mass is 35.5. The van der Waals surface area contributed by atoms with Crippen molar-refractivity contribution in [1.82, 2.24) is 14.9 Å². The number of carbonyl (C=O) groups excluding carboxylic acids is 1. The van der Waals surface area contributed by atoms with Gasteiger partial charge in [0.15, 0.2) is 5.82 Å². The third-order valence-corrected chi connectivity index (χ3v) is 5.04. The van der Waals surface area contributed by atoms with Gasteiger partial charge in [0.05, 0.1) is 16.8 Å². The Morgan fingerprint density at radius 2 is 1.79 bits per heavy atom. The third-order valence-electron chi connectivity index (χ3n) is 4.79. The van der Waals surface area contributed by atoms with Crippen molar-refractivity contribution in [3.8, 4) is 11.4 Å². The topological polar surface area (TPSA) is 46.1 Å². The molecule has 1 aromatic heterocycles. The van der Waals surface area contributed by atoms with E-state index >= 15 is 0 Å². The molecule has 0 atom stereocenters. The fourth-order valence-corrected chi connectivity index (χ4v) is 3.44. The normalized spacial score (nSPS) is 13.9. The van der Waals surface area contributed by atoms with Crippen LogP contribution >= 0.6 is 11.6 Å². The maximum atomic E-state index is 13.2. The van der Waals surface area contributed by atoms with Crippen LogP contribution in [0.25, 0.3) is 11.4 Å². The molecule has 0 bridgehead atoms. The van der Waals surface area contributed by atoms with E-state index in [1.54, 1.807) is 18.3 Å². The Morgan fingerprint density at radius 1 is 1.07 bits per heavy atom. The zero-order chi connectivity index (χ0) is 20.6. The molecule has 148 valence electrons. The molecule has 1 amide bonds. The van der Waals surface area contributed by atoms with Crippen LogP contribution in [0.4, 0.5) is 13.2 Å². The van der Waals surface area contributed by atoms with Crippen molar-refractivity contribution in [1.29, 1.82) is 0 Å². The second-order valence-electron chi connectivity index (χ2n) is 6.69. The summed E-state index contributed by atoms with van der Waals surface area (Å²) in [6.07, 6.45) is -2.52. The lowest BCUT2D eigenvalue weighted by Crippen LogP contribution is -2.37. The number of alkyl halides is 3. The van der Waals surface area contributed by atoms with Gasteiger partial charge in [0, 0.05) is 41.9 Å². The molecular weight excluding hydrogens is 403 g/mol. The van der Waals surface area contributed by atoms with Crippen molar-refractivity contribution in [3.05, 3.63) is 82.1 Å². The Kier molecular flexibility index (Phi) is 5.00. The van der Waals surface area contributed by atoms with Gasteiger partial charge in [-0.25, -0.2) is 9.97 Å². The molecule has 0 unspecified atom stereocenters. The van der Waals surface area contributed by atoms with Gasteiger partial charge in [-0.3, -0.25) is 4.79 Å². The maximum Gasteiger partial charge on any atom is 0.417 e. The van der Waals surface area contributed by atoms with Crippen molar-refractivity contribution >= 4 is 17.5 Å². The van der Waals surface area contributed by atoms with Crippen LogP contribution in [0.3, 0.4) is 0 Å². The van der Waals surface area contributed by atoms with Crippen molar-refractivity contribution in [2.45, 2.75) is 19.1 Å². The number of carbonyl (C=O) groups is 1. The average molecular weight is 418 g/mol. The average Bonchev–Trinajstić information content (AvgIpc) is 2.72. The third kappa shape index (κ3) is 3.96. The lowest BCUT2D eigenvalue weighted by molar-refractivity contribution is -0.138. The van der Waals surface area contributed by atoms with Crippen LogP contribution in [-0.2, 0) is 19.1 Å². The smallest absolute Gasteiger partial charge is 0.334 e. The first-order valence-corrected chi connectivity index (χ1v) is 9.27. The monoisotopic (exact) mass is 417 g/mol. The molecule has 0 N–H and O–H groups in total. The minimum atomic E-state index is -4.59. The summed E-state index contributed by atoms with van der Waals surface area (Å²) in [4.78, 5) is 23.1. The zero-order valence-electron chi connectivity index (χ0n) is 15.1. The Morgan fingerprint density at radius 3 is 2.52 bits per heavy atom. The first-order valence-electron chi connectivity index (χ1n) is 8.89. The molecule has 0 saturated carbocycles. The van der Waals surface area contributed by atoms with Crippen LogP contribution in [0, 0.1) is 0 Å². The zero-order valence-corrected chi connectivity index (χ0v) is 15.8. The van der Waals surface area contributed by atoms with E-state index in [0.29, 0.717) is 17.3 Å². The van der Waals surface area contributed by atoms with Gasteiger partial charge in [-0.1, -0.05) is 23.7 Å². The number of amides is 1. The lowest BCUT2D eigenvalue weighted by Gasteiger charge is -2.29. The van der Waals surface area contributed by atoms with E-state index in [1.165, 1.54) is 23.1 Å². The van der Waals surface area contributed by atoms with Gasteiger partial charge in [-0.05, 0) is 36.4 Å². The first kappa shape index (κ1) is 19.4. The Bertz CT molecular complexity index is 1070. The van der Waals surface area contributed by atoms with E-state index in [1.807, 2.05) is 12.1 Å². The summed E-state index contributed by atoms with van der Waals surface area (Å²) < 4.78 is 39.7. The molecule has 8 heteroatoms. The second kappa shape index (κ2) is 7.48. The van der Waals surface area contributed by atoms with Crippen molar-refractivity contribution < 1.29 is 18.0 Å². The predicted octanol–water partition coefficient (Wildman–Crippen LogP) is 5.01. The summed E-state index contributed by atoms with van der Waals surface area (Å²) in [7, 11) is 0. The van der Waals surface area contributed by atoms with Gasteiger partial charge in [0.1, 0.15) is 0 Å². The Hall–Kier alpha value is -2.93. The largest absolute Gasteiger partial charge is 0.417 e. The highest BCUT2D eigenvalue weighted by Gasteiger charge is 2.36. The standard InChI is InChI=1S/C21H15ClF3N3O/c22-15-7-5-13(6-8-15)19-26-11-14-12-28(10-9-18(14)27-19)20(29)16-3-1-2-4-17(16)21(23,24)25/h1-8,11H,9-10,12H2. The molecule has 0 radical (unpaired) electrons. The van der Waals surface area contributed by atoms with Crippen molar-refractivity contribution in [3.63, 3.8) is 0 Å². The van der Waals surface area contributed by atoms with Gasteiger partial charge in [0.25, 0.3) is 5.91 Å². The fraction of sp³-hybridized carbons (Fsp3) is 0.190. The van der Waals surface area contributed by atoms with Crippen LogP contribution in [0.1, 0.15) is 27.2 Å². The van der Waals surface area contributed by atoms with E-state index in [9.17, 15) is 18.0 Å². The maximum absolute atomic E-state index is 13.2. The molecule has 0 spiro atoms. The molecule has 29 heavy (non-hydrogen) atoms. The van der Waals surface area contributed by atoms with Gasteiger partial charge in [-0.15, -0.1) is 0 Å². The molecule has 4 rings (SSSR count). The summed E-state index contributed by atoms with van der Waals surface area (Å²) in [5.41, 5.74) is 1.06. The number of benzene rings is 2. The summed E-state index contributed by atoms with van der Waals surface area (Å²) in [5, 5.41) is 0.611. The van der Waals surface area contributed by atoms with E-state index in [4.69, 9.17) is 11.6 Å². The highest BCUT2D eigenvalue weighted by molar-refractivity contribution is 6.30. The molecule has 3 aromatic rings. The predicted molar refractivity (Wildman–Crippen MR) is 102 cm³/mol. The van der Waals surface area contributed by atoms with Gasteiger partial charge in [0.2, 0.25) is 0 Å². The molecule has 2 aromatic carbocycles. The van der Waals surface area contributed by atoms with Gasteiger partial charge >= 0.3 is 6.18 Å². The quantitative estimate of drug-likeness (QED) is 0.588. The highest BCUT2D eigenvalue weighted by Crippen LogP contribution is 2.33. The van der Waals surface area contributed by atoms with Crippen LogP contribution in [0.15, 0.2) is 54.7 Å². The first-order chi connectivity index (χ1) is 13.8. The molecule has 2 heterocycles. The molecule has 1 aliphatic rings. The van der Waals surface area contributed by atoms with Gasteiger partial charge < -0.3 is 4.90 Å². The van der Waals surface area contributed by atoms with E-state index in [2.05, 4.69) is 9.97 Å².